The summed E-state index contributed by atoms with van der Waals surface area (Å²) in [6.45, 7) is 0.736. The molecule has 1 heterocycles. The van der Waals surface area contributed by atoms with E-state index in [1.54, 1.807) is 23.1 Å². The molecule has 0 saturated heterocycles. The number of amides is 1. The van der Waals surface area contributed by atoms with Gasteiger partial charge < -0.3 is 5.32 Å². The maximum Gasteiger partial charge on any atom is 0.230 e. The first-order chi connectivity index (χ1) is 12.3. The minimum Gasteiger partial charge on any atom is -0.355 e. The normalized spacial score (nSPS) is 10.9. The van der Waals surface area contributed by atoms with Crippen molar-refractivity contribution in [2.75, 3.05) is 18.1 Å². The highest BCUT2D eigenvalue weighted by molar-refractivity contribution is 7.99. The molecular formula is C19H20N2OS3. The van der Waals surface area contributed by atoms with E-state index in [2.05, 4.69) is 28.5 Å². The smallest absolute Gasteiger partial charge is 0.230 e. The van der Waals surface area contributed by atoms with Crippen molar-refractivity contribution >= 4 is 51.0 Å². The molecule has 0 saturated carbocycles. The van der Waals surface area contributed by atoms with Crippen LogP contribution in [0.3, 0.4) is 0 Å². The highest BCUT2D eigenvalue weighted by Crippen LogP contribution is 2.24. The molecule has 2 aromatic carbocycles. The third-order valence-electron chi connectivity index (χ3n) is 3.45. The molecule has 3 aromatic rings. The molecule has 0 fully saturated rings. The second-order valence-electron chi connectivity index (χ2n) is 5.43. The molecule has 0 unspecified atom stereocenters. The molecule has 0 atom stereocenters. The first kappa shape index (κ1) is 18.3. The van der Waals surface area contributed by atoms with E-state index in [0.717, 1.165) is 35.0 Å². The lowest BCUT2D eigenvalue weighted by atomic mass is 10.3. The van der Waals surface area contributed by atoms with Crippen molar-refractivity contribution in [2.45, 2.75) is 17.1 Å². The number of nitrogens with one attached hydrogen (secondary N) is 1. The largest absolute Gasteiger partial charge is 0.355 e. The third-order valence-corrected chi connectivity index (χ3v) is 6.71. The van der Waals surface area contributed by atoms with Gasteiger partial charge in [0.25, 0.3) is 0 Å². The Bertz CT molecular complexity index is 772. The summed E-state index contributed by atoms with van der Waals surface area (Å²) in [4.78, 5) is 17.7. The van der Waals surface area contributed by atoms with Crippen molar-refractivity contribution in [1.29, 1.82) is 0 Å². The Kier molecular flexibility index (Phi) is 7.21. The molecule has 0 aliphatic heterocycles. The van der Waals surface area contributed by atoms with Gasteiger partial charge in [-0.05, 0) is 36.4 Å². The third kappa shape index (κ3) is 6.06. The Hall–Kier alpha value is -1.50. The molecule has 0 bridgehead atoms. The molecule has 6 heteroatoms. The molecule has 130 valence electrons. The second-order valence-corrected chi connectivity index (χ2v) is 8.70. The van der Waals surface area contributed by atoms with Crippen molar-refractivity contribution < 1.29 is 4.79 Å². The lowest BCUT2D eigenvalue weighted by Crippen LogP contribution is -2.26. The second kappa shape index (κ2) is 9.85. The summed E-state index contributed by atoms with van der Waals surface area (Å²) < 4.78 is 1.21. The topological polar surface area (TPSA) is 42.0 Å². The Morgan fingerprint density at radius 2 is 1.88 bits per heavy atom. The fourth-order valence-electron chi connectivity index (χ4n) is 2.27. The van der Waals surface area contributed by atoms with E-state index in [0.29, 0.717) is 5.75 Å². The fourth-order valence-corrected chi connectivity index (χ4v) is 5.02. The summed E-state index contributed by atoms with van der Waals surface area (Å²) in [5, 5.41) is 4.07. The van der Waals surface area contributed by atoms with Gasteiger partial charge in [0, 0.05) is 17.2 Å². The predicted molar refractivity (Wildman–Crippen MR) is 111 cm³/mol. The zero-order valence-corrected chi connectivity index (χ0v) is 16.3. The van der Waals surface area contributed by atoms with Crippen molar-refractivity contribution in [3.8, 4) is 0 Å². The minimum atomic E-state index is 0.107. The SMILES string of the molecule is O=C(CSCc1nc2ccccc2s1)NCCCSc1ccccc1. The van der Waals surface area contributed by atoms with Gasteiger partial charge in [0.15, 0.2) is 0 Å². The summed E-state index contributed by atoms with van der Waals surface area (Å²) in [7, 11) is 0. The van der Waals surface area contributed by atoms with Crippen molar-refractivity contribution in [3.05, 3.63) is 59.6 Å². The number of hydrogen-bond donors (Lipinski definition) is 1. The first-order valence-electron chi connectivity index (χ1n) is 8.18. The Morgan fingerprint density at radius 3 is 2.72 bits per heavy atom. The number of carbonyl (C=O) groups is 1. The number of fused-ring (bicyclic) bond motifs is 1. The average molecular weight is 389 g/mol. The molecule has 3 rings (SSSR count). The van der Waals surface area contributed by atoms with E-state index >= 15 is 0 Å². The van der Waals surface area contributed by atoms with Crippen molar-refractivity contribution in [1.82, 2.24) is 10.3 Å². The number of thiazole rings is 1. The van der Waals surface area contributed by atoms with E-state index in [4.69, 9.17) is 0 Å². The van der Waals surface area contributed by atoms with E-state index in [9.17, 15) is 4.79 Å². The summed E-state index contributed by atoms with van der Waals surface area (Å²) >= 11 is 5.15. The van der Waals surface area contributed by atoms with Gasteiger partial charge >= 0.3 is 0 Å². The van der Waals surface area contributed by atoms with Crippen LogP contribution in [-0.4, -0.2) is 28.9 Å². The van der Waals surface area contributed by atoms with Crippen LogP contribution in [0.4, 0.5) is 0 Å². The Labute approximate surface area is 160 Å². The lowest BCUT2D eigenvalue weighted by Gasteiger charge is -2.05. The van der Waals surface area contributed by atoms with Crippen molar-refractivity contribution in [3.63, 3.8) is 0 Å². The highest BCUT2D eigenvalue weighted by atomic mass is 32.2. The molecule has 0 spiro atoms. The van der Waals surface area contributed by atoms with Crippen LogP contribution in [0.5, 0.6) is 0 Å². The van der Waals surface area contributed by atoms with Crippen LogP contribution >= 0.6 is 34.9 Å². The van der Waals surface area contributed by atoms with Gasteiger partial charge in [-0.2, -0.15) is 0 Å². The van der Waals surface area contributed by atoms with Crippen LogP contribution in [-0.2, 0) is 10.5 Å². The van der Waals surface area contributed by atoms with Crippen LogP contribution in [0.2, 0.25) is 0 Å². The Balaban J connectivity index is 1.28. The van der Waals surface area contributed by atoms with Crippen LogP contribution in [0.25, 0.3) is 10.2 Å². The molecular weight excluding hydrogens is 368 g/mol. The first-order valence-corrected chi connectivity index (χ1v) is 11.1. The van der Waals surface area contributed by atoms with Crippen LogP contribution in [0.15, 0.2) is 59.5 Å². The molecule has 0 aliphatic rings. The highest BCUT2D eigenvalue weighted by Gasteiger charge is 2.05. The van der Waals surface area contributed by atoms with Gasteiger partial charge in [-0.15, -0.1) is 34.9 Å². The fraction of sp³-hybridized carbons (Fsp3) is 0.263. The van der Waals surface area contributed by atoms with Crippen LogP contribution in [0, 0.1) is 0 Å². The van der Waals surface area contributed by atoms with Crippen LogP contribution in [0.1, 0.15) is 11.4 Å². The molecule has 3 nitrogen and oxygen atoms in total. The van der Waals surface area contributed by atoms with E-state index in [1.165, 1.54) is 9.60 Å². The number of thioether (sulfide) groups is 2. The predicted octanol–water partition coefficient (Wildman–Crippen LogP) is 4.83. The Morgan fingerprint density at radius 1 is 1.08 bits per heavy atom. The summed E-state index contributed by atoms with van der Waals surface area (Å²) in [6, 6.07) is 18.5. The molecule has 1 aromatic heterocycles. The zero-order valence-electron chi connectivity index (χ0n) is 13.8. The molecule has 1 N–H and O–H groups in total. The number of aromatic nitrogens is 1. The molecule has 0 radical (unpaired) electrons. The average Bonchev–Trinajstić information content (AvgIpc) is 3.05. The number of rotatable bonds is 9. The number of para-hydroxylation sites is 1. The maximum absolute atomic E-state index is 11.9. The van der Waals surface area contributed by atoms with E-state index in [1.807, 2.05) is 48.2 Å². The van der Waals surface area contributed by atoms with Crippen LogP contribution < -0.4 is 5.32 Å². The molecule has 0 aliphatic carbocycles. The molecule has 1 amide bonds. The number of carbonyl (C=O) groups excluding carboxylic acids is 1. The van der Waals surface area contributed by atoms with Gasteiger partial charge in [0.2, 0.25) is 5.91 Å². The molecule has 25 heavy (non-hydrogen) atoms. The minimum absolute atomic E-state index is 0.107. The quantitative estimate of drug-likeness (QED) is 0.421. The number of benzene rings is 2. The summed E-state index contributed by atoms with van der Waals surface area (Å²) in [5.41, 5.74) is 1.04. The van der Waals surface area contributed by atoms with Gasteiger partial charge in [-0.1, -0.05) is 30.3 Å². The van der Waals surface area contributed by atoms with Gasteiger partial charge in [-0.25, -0.2) is 4.98 Å². The van der Waals surface area contributed by atoms with Gasteiger partial charge in [0.05, 0.1) is 16.0 Å². The number of hydrogen-bond acceptors (Lipinski definition) is 5. The summed E-state index contributed by atoms with van der Waals surface area (Å²) in [5.74, 6) is 2.40. The standard InChI is InChI=1S/C19H20N2OS3/c22-18(20-11-6-12-24-15-7-2-1-3-8-15)13-23-14-19-21-16-9-4-5-10-17(16)25-19/h1-5,7-10H,6,11-14H2,(H,20,22). The number of nitrogens with zero attached hydrogens (tertiary/aromatic N) is 1. The van der Waals surface area contributed by atoms with E-state index in [-0.39, 0.29) is 5.91 Å². The lowest BCUT2D eigenvalue weighted by molar-refractivity contribution is -0.118. The zero-order chi connectivity index (χ0) is 17.3. The summed E-state index contributed by atoms with van der Waals surface area (Å²) in [6.07, 6.45) is 0.980. The maximum atomic E-state index is 11.9. The monoisotopic (exact) mass is 388 g/mol. The van der Waals surface area contributed by atoms with E-state index < -0.39 is 0 Å². The van der Waals surface area contributed by atoms with Crippen molar-refractivity contribution in [2.24, 2.45) is 0 Å². The van der Waals surface area contributed by atoms with Gasteiger partial charge in [-0.3, -0.25) is 4.79 Å². The van der Waals surface area contributed by atoms with Gasteiger partial charge in [0.1, 0.15) is 5.01 Å².